The quantitative estimate of drug-likeness (QED) is 0.316. The number of amides is 1. The summed E-state index contributed by atoms with van der Waals surface area (Å²) in [5.41, 5.74) is 0.556. The molecule has 3 aromatic rings. The molecular formula is C18H12N2O5S. The minimum absolute atomic E-state index is 0.111. The topological polar surface area (TPSA) is 98.5 Å². The van der Waals surface area contributed by atoms with E-state index in [1.807, 2.05) is 0 Å². The van der Waals surface area contributed by atoms with Crippen molar-refractivity contribution >= 4 is 34.6 Å². The first kappa shape index (κ1) is 17.3. The van der Waals surface area contributed by atoms with E-state index in [0.717, 1.165) is 0 Å². The molecule has 0 aliphatic rings. The number of hydrogen-bond acceptors (Lipinski definition) is 6. The number of ether oxygens (including phenoxy) is 1. The zero-order valence-corrected chi connectivity index (χ0v) is 14.1. The number of anilines is 1. The molecular weight excluding hydrogens is 356 g/mol. The number of benzene rings is 2. The van der Waals surface area contributed by atoms with Crippen molar-refractivity contribution in [2.45, 2.75) is 0 Å². The van der Waals surface area contributed by atoms with Crippen molar-refractivity contribution in [2.75, 3.05) is 5.32 Å². The highest BCUT2D eigenvalue weighted by Gasteiger charge is 2.12. The molecule has 1 aromatic heterocycles. The van der Waals surface area contributed by atoms with Gasteiger partial charge >= 0.3 is 5.97 Å². The van der Waals surface area contributed by atoms with Crippen LogP contribution in [0, 0.1) is 10.1 Å². The summed E-state index contributed by atoms with van der Waals surface area (Å²) < 4.78 is 5.26. The van der Waals surface area contributed by atoms with E-state index in [2.05, 4.69) is 5.32 Å². The summed E-state index contributed by atoms with van der Waals surface area (Å²) in [6.07, 6.45) is 0. The SMILES string of the molecule is O=C(Oc1cccc(NC(=O)c2cccs2)c1)c1ccc([N+](=O)[O-])cc1. The first-order valence-corrected chi connectivity index (χ1v) is 8.32. The molecule has 130 valence electrons. The average molecular weight is 368 g/mol. The number of carbonyl (C=O) groups is 2. The lowest BCUT2D eigenvalue weighted by atomic mass is 10.2. The smallest absolute Gasteiger partial charge is 0.343 e. The number of nitrogens with zero attached hydrogens (tertiary/aromatic N) is 1. The fourth-order valence-corrected chi connectivity index (χ4v) is 2.74. The van der Waals surface area contributed by atoms with Gasteiger partial charge in [0.1, 0.15) is 5.75 Å². The Morgan fingerprint density at radius 3 is 2.46 bits per heavy atom. The number of thiophene rings is 1. The van der Waals surface area contributed by atoms with Crippen LogP contribution in [0.1, 0.15) is 20.0 Å². The Kier molecular flexibility index (Phi) is 5.04. The van der Waals surface area contributed by atoms with Crippen LogP contribution in [0.3, 0.4) is 0 Å². The molecule has 2 aromatic carbocycles. The molecule has 0 saturated heterocycles. The molecule has 3 rings (SSSR count). The fourth-order valence-electron chi connectivity index (χ4n) is 2.12. The summed E-state index contributed by atoms with van der Waals surface area (Å²) >= 11 is 1.32. The fraction of sp³-hybridized carbons (Fsp3) is 0. The van der Waals surface area contributed by atoms with Gasteiger partial charge in [-0.2, -0.15) is 0 Å². The molecule has 1 heterocycles. The number of non-ortho nitro benzene ring substituents is 1. The van der Waals surface area contributed by atoms with Gasteiger partial charge in [-0.25, -0.2) is 4.79 Å². The number of nitro benzene ring substituents is 1. The molecule has 1 N–H and O–H groups in total. The number of carbonyl (C=O) groups excluding carboxylic acids is 2. The summed E-state index contributed by atoms with van der Waals surface area (Å²) in [6, 6.07) is 15.0. The third-order valence-corrected chi connectivity index (χ3v) is 4.23. The van der Waals surface area contributed by atoms with Crippen molar-refractivity contribution < 1.29 is 19.2 Å². The molecule has 0 radical (unpaired) electrons. The number of nitro groups is 1. The minimum atomic E-state index is -0.651. The molecule has 8 heteroatoms. The Balaban J connectivity index is 1.69. The van der Waals surface area contributed by atoms with Gasteiger partial charge in [0.15, 0.2) is 0 Å². The largest absolute Gasteiger partial charge is 0.423 e. The van der Waals surface area contributed by atoms with Crippen molar-refractivity contribution in [2.24, 2.45) is 0 Å². The molecule has 0 unspecified atom stereocenters. The second kappa shape index (κ2) is 7.58. The normalized spacial score (nSPS) is 10.2. The third kappa shape index (κ3) is 4.11. The zero-order valence-electron chi connectivity index (χ0n) is 13.2. The molecule has 26 heavy (non-hydrogen) atoms. The van der Waals surface area contributed by atoms with Crippen molar-refractivity contribution in [3.05, 3.63) is 86.6 Å². The van der Waals surface area contributed by atoms with Crippen LogP contribution in [0.2, 0.25) is 0 Å². The van der Waals surface area contributed by atoms with Crippen LogP contribution >= 0.6 is 11.3 Å². The van der Waals surface area contributed by atoms with E-state index in [9.17, 15) is 19.7 Å². The summed E-state index contributed by atoms with van der Waals surface area (Å²) in [6.45, 7) is 0. The van der Waals surface area contributed by atoms with Gasteiger partial charge < -0.3 is 10.1 Å². The van der Waals surface area contributed by atoms with Gasteiger partial charge in [-0.3, -0.25) is 14.9 Å². The van der Waals surface area contributed by atoms with Crippen LogP contribution in [0.25, 0.3) is 0 Å². The highest BCUT2D eigenvalue weighted by Crippen LogP contribution is 2.21. The molecule has 0 spiro atoms. The molecule has 0 saturated carbocycles. The molecule has 0 aliphatic heterocycles. The Morgan fingerprint density at radius 2 is 1.81 bits per heavy atom. The lowest BCUT2D eigenvalue weighted by Gasteiger charge is -2.07. The van der Waals surface area contributed by atoms with Crippen molar-refractivity contribution in [1.82, 2.24) is 0 Å². The second-order valence-electron chi connectivity index (χ2n) is 5.15. The zero-order chi connectivity index (χ0) is 18.5. The van der Waals surface area contributed by atoms with Gasteiger partial charge in [0.2, 0.25) is 0 Å². The van der Waals surface area contributed by atoms with Crippen LogP contribution in [-0.4, -0.2) is 16.8 Å². The Labute approximate surface area is 152 Å². The van der Waals surface area contributed by atoms with E-state index in [4.69, 9.17) is 4.74 Å². The summed E-state index contributed by atoms with van der Waals surface area (Å²) in [4.78, 5) is 34.9. The number of rotatable bonds is 5. The second-order valence-corrected chi connectivity index (χ2v) is 6.10. The van der Waals surface area contributed by atoms with Crippen molar-refractivity contribution in [1.29, 1.82) is 0 Å². The van der Waals surface area contributed by atoms with Gasteiger partial charge in [0.05, 0.1) is 15.4 Å². The Hall–Kier alpha value is -3.52. The van der Waals surface area contributed by atoms with Gasteiger partial charge in [0.25, 0.3) is 11.6 Å². The predicted octanol–water partition coefficient (Wildman–Crippen LogP) is 4.13. The van der Waals surface area contributed by atoms with E-state index >= 15 is 0 Å². The van der Waals surface area contributed by atoms with Crippen LogP contribution < -0.4 is 10.1 Å². The lowest BCUT2D eigenvalue weighted by molar-refractivity contribution is -0.384. The Bertz CT molecular complexity index is 952. The van der Waals surface area contributed by atoms with Crippen LogP contribution in [0.4, 0.5) is 11.4 Å². The maximum Gasteiger partial charge on any atom is 0.343 e. The van der Waals surface area contributed by atoms with Gasteiger partial charge in [-0.15, -0.1) is 11.3 Å². The first-order chi connectivity index (χ1) is 12.5. The van der Waals surface area contributed by atoms with Crippen molar-refractivity contribution in [3.63, 3.8) is 0 Å². The lowest BCUT2D eigenvalue weighted by Crippen LogP contribution is -2.11. The van der Waals surface area contributed by atoms with Gasteiger partial charge in [-0.1, -0.05) is 12.1 Å². The number of nitrogens with one attached hydrogen (secondary N) is 1. The highest BCUT2D eigenvalue weighted by atomic mass is 32.1. The van der Waals surface area contributed by atoms with Crippen LogP contribution in [0.5, 0.6) is 5.75 Å². The van der Waals surface area contributed by atoms with Gasteiger partial charge in [-0.05, 0) is 35.7 Å². The summed E-state index contributed by atoms with van der Waals surface area (Å²) in [7, 11) is 0. The van der Waals surface area contributed by atoms with E-state index in [-0.39, 0.29) is 22.9 Å². The molecule has 0 fully saturated rings. The van der Waals surface area contributed by atoms with E-state index in [0.29, 0.717) is 10.6 Å². The van der Waals surface area contributed by atoms with Crippen molar-refractivity contribution in [3.8, 4) is 5.75 Å². The highest BCUT2D eigenvalue weighted by molar-refractivity contribution is 7.12. The monoisotopic (exact) mass is 368 g/mol. The summed E-state index contributed by atoms with van der Waals surface area (Å²) in [5, 5.41) is 15.2. The maximum atomic E-state index is 12.1. The third-order valence-electron chi connectivity index (χ3n) is 3.36. The average Bonchev–Trinajstić information content (AvgIpc) is 3.17. The first-order valence-electron chi connectivity index (χ1n) is 7.44. The Morgan fingerprint density at radius 1 is 1.04 bits per heavy atom. The molecule has 0 bridgehead atoms. The molecule has 0 aliphatic carbocycles. The summed E-state index contributed by atoms with van der Waals surface area (Å²) in [5.74, 6) is -0.655. The van der Waals surface area contributed by atoms with E-state index < -0.39 is 10.9 Å². The molecule has 0 atom stereocenters. The standard InChI is InChI=1S/C18H12N2O5S/c21-17(16-5-2-10-26-16)19-13-3-1-4-15(11-13)25-18(22)12-6-8-14(9-7-12)20(23)24/h1-11H,(H,19,21). The van der Waals surface area contributed by atoms with E-state index in [1.165, 1.54) is 41.7 Å². The minimum Gasteiger partial charge on any atom is -0.423 e. The van der Waals surface area contributed by atoms with Gasteiger partial charge in [0, 0.05) is 23.9 Å². The molecule has 1 amide bonds. The van der Waals surface area contributed by atoms with E-state index in [1.54, 1.807) is 35.7 Å². The number of esters is 1. The van der Waals surface area contributed by atoms with Crippen LogP contribution in [0.15, 0.2) is 66.0 Å². The maximum absolute atomic E-state index is 12.1. The van der Waals surface area contributed by atoms with Crippen LogP contribution in [-0.2, 0) is 0 Å². The predicted molar refractivity (Wildman–Crippen MR) is 96.8 cm³/mol. The number of hydrogen-bond donors (Lipinski definition) is 1. The molecule has 7 nitrogen and oxygen atoms in total.